The number of nitrogens with zero attached hydrogens (tertiary/aromatic N) is 5. The van der Waals surface area contributed by atoms with Gasteiger partial charge in [-0.25, -0.2) is 19.9 Å². The Morgan fingerprint density at radius 3 is 2.50 bits per heavy atom. The number of fused-ring (bicyclic) bond motifs is 1. The van der Waals surface area contributed by atoms with Crippen molar-refractivity contribution in [1.82, 2.24) is 24.5 Å². The van der Waals surface area contributed by atoms with E-state index in [1.807, 2.05) is 59.3 Å². The van der Waals surface area contributed by atoms with Gasteiger partial charge in [-0.15, -0.1) is 0 Å². The molecule has 0 spiro atoms. The van der Waals surface area contributed by atoms with Gasteiger partial charge in [-0.3, -0.25) is 0 Å². The van der Waals surface area contributed by atoms with E-state index in [1.54, 1.807) is 14.2 Å². The minimum atomic E-state index is -0.324. The lowest BCUT2D eigenvalue weighted by Crippen LogP contribution is -2.32. The minimum absolute atomic E-state index is 0.324. The number of nitrogens with one attached hydrogen (secondary N) is 1. The van der Waals surface area contributed by atoms with Gasteiger partial charge in [0, 0.05) is 55.5 Å². The molecule has 8 heteroatoms. The molecular weight excluding hydrogens is 428 g/mol. The lowest BCUT2D eigenvalue weighted by atomic mass is 10.0. The summed E-state index contributed by atoms with van der Waals surface area (Å²) in [5.74, 6) is 3.19. The highest BCUT2D eigenvalue weighted by Gasteiger charge is 2.18. The van der Waals surface area contributed by atoms with Crippen molar-refractivity contribution in [1.29, 1.82) is 0 Å². The number of rotatable bonds is 8. The van der Waals surface area contributed by atoms with Gasteiger partial charge in [-0.1, -0.05) is 12.1 Å². The number of hydrogen-bond donors (Lipinski definition) is 1. The van der Waals surface area contributed by atoms with E-state index < -0.39 is 0 Å². The molecule has 0 aliphatic rings. The van der Waals surface area contributed by atoms with Gasteiger partial charge in [0.15, 0.2) is 5.82 Å². The van der Waals surface area contributed by atoms with Crippen LogP contribution in [0, 0.1) is 13.8 Å². The van der Waals surface area contributed by atoms with Crippen LogP contribution in [0.25, 0.3) is 22.2 Å². The van der Waals surface area contributed by atoms with Crippen LogP contribution in [0.5, 0.6) is 5.75 Å². The van der Waals surface area contributed by atoms with E-state index in [0.717, 1.165) is 50.8 Å². The van der Waals surface area contributed by atoms with E-state index in [9.17, 15) is 0 Å². The molecular formula is C26H32N6O2. The second-order valence-electron chi connectivity index (χ2n) is 9.11. The zero-order valence-corrected chi connectivity index (χ0v) is 20.9. The molecule has 1 N–H and O–H groups in total. The molecule has 0 bridgehead atoms. The highest BCUT2D eigenvalue weighted by molar-refractivity contribution is 5.88. The van der Waals surface area contributed by atoms with Gasteiger partial charge in [0.05, 0.1) is 24.6 Å². The number of benzene rings is 1. The van der Waals surface area contributed by atoms with E-state index >= 15 is 0 Å². The van der Waals surface area contributed by atoms with Crippen molar-refractivity contribution >= 4 is 16.7 Å². The van der Waals surface area contributed by atoms with Crippen molar-refractivity contribution in [2.24, 2.45) is 7.05 Å². The number of hydrogen-bond acceptors (Lipinski definition) is 7. The predicted molar refractivity (Wildman–Crippen MR) is 134 cm³/mol. The third-order valence-corrected chi connectivity index (χ3v) is 6.13. The van der Waals surface area contributed by atoms with Crippen LogP contribution < -0.4 is 10.1 Å². The fourth-order valence-corrected chi connectivity index (χ4v) is 3.78. The molecule has 0 fully saturated rings. The molecule has 0 amide bonds. The summed E-state index contributed by atoms with van der Waals surface area (Å²) in [5.41, 5.74) is 4.48. The van der Waals surface area contributed by atoms with E-state index in [0.29, 0.717) is 18.8 Å². The number of anilines is 1. The van der Waals surface area contributed by atoms with Crippen LogP contribution in [-0.2, 0) is 18.2 Å². The van der Waals surface area contributed by atoms with E-state index in [-0.39, 0.29) is 5.60 Å². The summed E-state index contributed by atoms with van der Waals surface area (Å²) in [4.78, 5) is 18.6. The van der Waals surface area contributed by atoms with E-state index in [1.165, 1.54) is 0 Å². The molecule has 8 nitrogen and oxygen atoms in total. The normalized spacial score (nSPS) is 11.7. The monoisotopic (exact) mass is 460 g/mol. The van der Waals surface area contributed by atoms with Crippen molar-refractivity contribution in [2.75, 3.05) is 26.1 Å². The lowest BCUT2D eigenvalue weighted by Gasteiger charge is -2.23. The molecule has 34 heavy (non-hydrogen) atoms. The second-order valence-corrected chi connectivity index (χ2v) is 9.11. The fraction of sp³-hybridized carbons (Fsp3) is 0.385. The Kier molecular flexibility index (Phi) is 6.52. The summed E-state index contributed by atoms with van der Waals surface area (Å²) < 4.78 is 13.3. The van der Waals surface area contributed by atoms with Crippen LogP contribution in [0.2, 0.25) is 0 Å². The van der Waals surface area contributed by atoms with Crippen molar-refractivity contribution < 1.29 is 9.47 Å². The number of ether oxygens (including phenoxy) is 2. The van der Waals surface area contributed by atoms with Crippen molar-refractivity contribution in [2.45, 2.75) is 39.7 Å². The Hall–Kier alpha value is -3.52. The fourth-order valence-electron chi connectivity index (χ4n) is 3.78. The topological polar surface area (TPSA) is 87.0 Å². The molecule has 0 saturated carbocycles. The molecule has 0 aliphatic carbocycles. The number of imidazole rings is 1. The Bertz CT molecular complexity index is 1330. The highest BCUT2D eigenvalue weighted by Crippen LogP contribution is 2.29. The first-order chi connectivity index (χ1) is 16.2. The molecule has 0 atom stereocenters. The molecule has 4 rings (SSSR count). The van der Waals surface area contributed by atoms with Gasteiger partial charge in [0.25, 0.3) is 0 Å². The molecule has 0 aliphatic heterocycles. The highest BCUT2D eigenvalue weighted by atomic mass is 16.5. The van der Waals surface area contributed by atoms with E-state index in [2.05, 4.69) is 37.0 Å². The van der Waals surface area contributed by atoms with Crippen LogP contribution in [-0.4, -0.2) is 50.9 Å². The molecule has 3 heterocycles. The van der Waals surface area contributed by atoms with Crippen LogP contribution >= 0.6 is 0 Å². The third kappa shape index (κ3) is 4.87. The van der Waals surface area contributed by atoms with Gasteiger partial charge in [0.1, 0.15) is 22.9 Å². The van der Waals surface area contributed by atoms with E-state index in [4.69, 9.17) is 14.5 Å². The van der Waals surface area contributed by atoms with Gasteiger partial charge < -0.3 is 19.4 Å². The number of methoxy groups -OCH3 is 2. The van der Waals surface area contributed by atoms with Crippen LogP contribution in [0.1, 0.15) is 36.8 Å². The van der Waals surface area contributed by atoms with Crippen molar-refractivity contribution in [3.63, 3.8) is 0 Å². The average Bonchev–Trinajstić information content (AvgIpc) is 3.16. The number of pyridine rings is 1. The Morgan fingerprint density at radius 2 is 1.82 bits per heavy atom. The zero-order chi connectivity index (χ0) is 24.5. The summed E-state index contributed by atoms with van der Waals surface area (Å²) >= 11 is 0. The smallest absolute Gasteiger partial charge is 0.153 e. The molecule has 0 radical (unpaired) electrons. The van der Waals surface area contributed by atoms with Gasteiger partial charge in [-0.2, -0.15) is 0 Å². The Morgan fingerprint density at radius 1 is 1.03 bits per heavy atom. The maximum atomic E-state index is 5.72. The molecule has 1 aromatic carbocycles. The lowest BCUT2D eigenvalue weighted by molar-refractivity contribution is 0.0343. The first-order valence-corrected chi connectivity index (χ1v) is 11.3. The van der Waals surface area contributed by atoms with Gasteiger partial charge >= 0.3 is 0 Å². The number of aryl methyl sites for hydroxylation is 2. The Labute approximate surface area is 200 Å². The minimum Gasteiger partial charge on any atom is -0.496 e. The van der Waals surface area contributed by atoms with Crippen molar-refractivity contribution in [3.05, 3.63) is 59.6 Å². The molecule has 4 aromatic rings. The van der Waals surface area contributed by atoms with Crippen LogP contribution in [0.3, 0.4) is 0 Å². The van der Waals surface area contributed by atoms with Crippen LogP contribution in [0.15, 0.2) is 36.7 Å². The average molecular weight is 461 g/mol. The van der Waals surface area contributed by atoms with Crippen molar-refractivity contribution in [3.8, 4) is 17.0 Å². The van der Waals surface area contributed by atoms with Gasteiger partial charge in [-0.05, 0) is 39.8 Å². The summed E-state index contributed by atoms with van der Waals surface area (Å²) in [6, 6.07) is 8.19. The predicted octanol–water partition coefficient (Wildman–Crippen LogP) is 4.48. The Balaban J connectivity index is 1.66. The maximum Gasteiger partial charge on any atom is 0.153 e. The zero-order valence-electron chi connectivity index (χ0n) is 20.9. The SMILES string of the molecule is COc1cc(-c2cnc(C)n2C)ccc1Cc1ncc2cc(C)nc(NCC(C)(C)OC)c2n1. The summed E-state index contributed by atoms with van der Waals surface area (Å²) in [7, 11) is 5.40. The third-order valence-electron chi connectivity index (χ3n) is 6.13. The first-order valence-electron chi connectivity index (χ1n) is 11.3. The quantitative estimate of drug-likeness (QED) is 0.415. The molecule has 0 unspecified atom stereocenters. The van der Waals surface area contributed by atoms with Gasteiger partial charge in [0.2, 0.25) is 0 Å². The summed E-state index contributed by atoms with van der Waals surface area (Å²) in [6.07, 6.45) is 4.28. The molecule has 0 saturated heterocycles. The second kappa shape index (κ2) is 9.38. The maximum absolute atomic E-state index is 5.72. The summed E-state index contributed by atoms with van der Waals surface area (Å²) in [5, 5.41) is 4.35. The summed E-state index contributed by atoms with van der Waals surface area (Å²) in [6.45, 7) is 8.62. The first kappa shape index (κ1) is 23.6. The standard InChI is InChI=1S/C26H32N6O2/c1-16-10-20-13-28-23(31-24(20)25(30-16)29-15-26(3,4)34-7)12-19-9-8-18(11-22(19)33-6)21-14-27-17(2)32(21)5/h8-11,13-14H,12,15H2,1-7H3,(H,29,30). The number of aromatic nitrogens is 5. The largest absolute Gasteiger partial charge is 0.496 e. The molecule has 178 valence electrons. The van der Waals surface area contributed by atoms with Crippen LogP contribution in [0.4, 0.5) is 5.82 Å². The molecule has 3 aromatic heterocycles.